The maximum absolute atomic E-state index is 13.5. The molecule has 0 saturated carbocycles. The number of rotatable bonds is 11. The summed E-state index contributed by atoms with van der Waals surface area (Å²) in [7, 11) is 0. The Morgan fingerprint density at radius 2 is 1.70 bits per heavy atom. The fraction of sp³-hybridized carbons (Fsp3) is 0.0857. The Morgan fingerprint density at radius 3 is 2.43 bits per heavy atom. The molecule has 0 saturated heterocycles. The minimum absolute atomic E-state index is 0.0305. The van der Waals surface area contributed by atoms with Crippen LogP contribution in [-0.2, 0) is 9.59 Å². The van der Waals surface area contributed by atoms with Gasteiger partial charge in [0.1, 0.15) is 11.5 Å². The van der Waals surface area contributed by atoms with Crippen molar-refractivity contribution in [3.63, 3.8) is 0 Å². The Bertz CT molecular complexity index is 1940. The van der Waals surface area contributed by atoms with E-state index < -0.39 is 22.9 Å². The first-order chi connectivity index (χ1) is 22.7. The van der Waals surface area contributed by atoms with Gasteiger partial charge in [-0.25, -0.2) is 9.37 Å². The summed E-state index contributed by atoms with van der Waals surface area (Å²) >= 11 is 15.0. The molecule has 238 valence electrons. The van der Waals surface area contributed by atoms with Crippen LogP contribution in [0.5, 0.6) is 0 Å². The van der Waals surface area contributed by atoms with E-state index in [0.29, 0.717) is 49.7 Å². The molecule has 1 heterocycles. The number of thioether (sulfide) groups is 1. The number of carbonyl (C=O) groups excluding carboxylic acids is 3. The normalized spacial score (nSPS) is 11.9. The lowest BCUT2D eigenvalue weighted by molar-refractivity contribution is -0.116. The first-order valence-corrected chi connectivity index (χ1v) is 16.8. The number of amides is 3. The number of carbonyl (C=O) groups is 3. The molecule has 3 N–H and O–H groups in total. The highest BCUT2D eigenvalue weighted by molar-refractivity contribution is 8.00. The summed E-state index contributed by atoms with van der Waals surface area (Å²) < 4.78 is 13.5. The van der Waals surface area contributed by atoms with Crippen molar-refractivity contribution in [2.24, 2.45) is 0 Å². The van der Waals surface area contributed by atoms with E-state index in [1.165, 1.54) is 53.4 Å². The van der Waals surface area contributed by atoms with Gasteiger partial charge in [-0.05, 0) is 78.7 Å². The molecule has 0 aliphatic rings. The smallest absolute Gasteiger partial charge is 0.272 e. The van der Waals surface area contributed by atoms with Gasteiger partial charge in [-0.15, -0.1) is 23.1 Å². The molecule has 12 heteroatoms. The van der Waals surface area contributed by atoms with Crippen molar-refractivity contribution in [3.8, 4) is 11.3 Å². The van der Waals surface area contributed by atoms with Crippen LogP contribution in [-0.4, -0.2) is 28.0 Å². The molecule has 5 rings (SSSR count). The summed E-state index contributed by atoms with van der Waals surface area (Å²) in [4.78, 5) is 44.8. The summed E-state index contributed by atoms with van der Waals surface area (Å²) in [6.45, 7) is 1.91. The monoisotopic (exact) mass is 704 g/mol. The number of hydrogen-bond donors (Lipinski definition) is 3. The quantitative estimate of drug-likeness (QED) is 0.0941. The minimum Gasteiger partial charge on any atom is -0.321 e. The van der Waals surface area contributed by atoms with Gasteiger partial charge in [0, 0.05) is 32.1 Å². The number of nitrogens with zero attached hydrogens (tertiary/aromatic N) is 1. The summed E-state index contributed by atoms with van der Waals surface area (Å²) in [6.07, 6.45) is 2.00. The van der Waals surface area contributed by atoms with Gasteiger partial charge in [0.25, 0.3) is 11.8 Å². The highest BCUT2D eigenvalue weighted by atomic mass is 35.5. The summed E-state index contributed by atoms with van der Waals surface area (Å²) in [5, 5.41) is 11.2. The van der Waals surface area contributed by atoms with Crippen LogP contribution in [0, 0.1) is 5.82 Å². The Hall–Kier alpha value is -4.48. The third kappa shape index (κ3) is 9.30. The average Bonchev–Trinajstić information content (AvgIpc) is 3.52. The Balaban J connectivity index is 1.27. The molecule has 0 aliphatic carbocycles. The molecule has 7 nitrogen and oxygen atoms in total. The molecule has 0 fully saturated rings. The molecule has 0 aliphatic heterocycles. The molecule has 1 atom stereocenters. The molecular formula is C35H27Cl2FN4O3S2. The minimum atomic E-state index is -0.578. The van der Waals surface area contributed by atoms with Crippen molar-refractivity contribution in [1.82, 2.24) is 10.3 Å². The Kier molecular flexibility index (Phi) is 11.4. The molecule has 3 amide bonds. The predicted octanol–water partition coefficient (Wildman–Crippen LogP) is 9.17. The van der Waals surface area contributed by atoms with Crippen molar-refractivity contribution in [3.05, 3.63) is 135 Å². The summed E-state index contributed by atoms with van der Waals surface area (Å²) in [5.41, 5.74) is 2.66. The van der Waals surface area contributed by atoms with E-state index >= 15 is 0 Å². The Labute approximate surface area is 289 Å². The standard InChI is InChI=1S/C35H27Cl2FN4O3S2/c1-2-31(34(45)42-35-41-30(20-46-35)27-16-13-23(36)18-28(27)37)47-26-10-6-9-25(19-26)39-33(44)29(17-21-11-14-24(38)15-12-21)40-32(43)22-7-4-3-5-8-22/h3-20,31H,2H2,1H3,(H,39,44)(H,40,43)(H,41,42,45)/b29-17-. The lowest BCUT2D eigenvalue weighted by Gasteiger charge is -2.15. The van der Waals surface area contributed by atoms with Crippen LogP contribution in [0.2, 0.25) is 10.0 Å². The van der Waals surface area contributed by atoms with Crippen molar-refractivity contribution < 1.29 is 18.8 Å². The predicted molar refractivity (Wildman–Crippen MR) is 189 cm³/mol. The maximum atomic E-state index is 13.5. The highest BCUT2D eigenvalue weighted by Crippen LogP contribution is 2.33. The lowest BCUT2D eigenvalue weighted by Crippen LogP contribution is -2.30. The Morgan fingerprint density at radius 1 is 0.936 bits per heavy atom. The zero-order valence-electron chi connectivity index (χ0n) is 24.8. The summed E-state index contributed by atoms with van der Waals surface area (Å²) in [5.74, 6) is -1.69. The number of anilines is 2. The fourth-order valence-corrected chi connectivity index (χ4v) is 6.57. The number of halogens is 3. The first-order valence-electron chi connectivity index (χ1n) is 14.3. The zero-order valence-corrected chi connectivity index (χ0v) is 27.9. The molecular weight excluding hydrogens is 678 g/mol. The molecule has 0 radical (unpaired) electrons. The van der Waals surface area contributed by atoms with E-state index in [1.807, 2.05) is 18.4 Å². The van der Waals surface area contributed by atoms with E-state index in [1.54, 1.807) is 66.7 Å². The van der Waals surface area contributed by atoms with Gasteiger partial charge < -0.3 is 16.0 Å². The zero-order chi connectivity index (χ0) is 33.3. The molecule has 1 aromatic heterocycles. The van der Waals surface area contributed by atoms with Crippen LogP contribution in [0.15, 0.2) is 113 Å². The summed E-state index contributed by atoms with van der Waals surface area (Å²) in [6, 6.07) is 26.2. The second kappa shape index (κ2) is 15.9. The average molecular weight is 706 g/mol. The molecule has 0 bridgehead atoms. The van der Waals surface area contributed by atoms with Gasteiger partial charge in [0.15, 0.2) is 5.13 Å². The van der Waals surface area contributed by atoms with Gasteiger partial charge in [0.2, 0.25) is 5.91 Å². The fourth-order valence-electron chi connectivity index (χ4n) is 4.34. The topological polar surface area (TPSA) is 100 Å². The van der Waals surface area contributed by atoms with E-state index in [9.17, 15) is 18.8 Å². The van der Waals surface area contributed by atoms with Crippen molar-refractivity contribution >= 4 is 80.9 Å². The molecule has 4 aromatic carbocycles. The van der Waals surface area contributed by atoms with Crippen LogP contribution in [0.3, 0.4) is 0 Å². The highest BCUT2D eigenvalue weighted by Gasteiger charge is 2.21. The van der Waals surface area contributed by atoms with Gasteiger partial charge in [-0.1, -0.05) is 66.5 Å². The van der Waals surface area contributed by atoms with Gasteiger partial charge in [-0.3, -0.25) is 14.4 Å². The van der Waals surface area contributed by atoms with Crippen LogP contribution in [0.1, 0.15) is 29.3 Å². The second-order valence-electron chi connectivity index (χ2n) is 10.1. The van der Waals surface area contributed by atoms with E-state index in [4.69, 9.17) is 23.2 Å². The van der Waals surface area contributed by atoms with Crippen molar-refractivity contribution in [2.75, 3.05) is 10.6 Å². The van der Waals surface area contributed by atoms with Crippen LogP contribution >= 0.6 is 46.3 Å². The first kappa shape index (κ1) is 33.9. The SMILES string of the molecule is CCC(Sc1cccc(NC(=O)/C(=C/c2ccc(F)cc2)NC(=O)c2ccccc2)c1)C(=O)Nc1nc(-c2ccc(Cl)cc2Cl)cs1. The molecule has 5 aromatic rings. The van der Waals surface area contributed by atoms with E-state index in [-0.39, 0.29) is 11.6 Å². The molecule has 1 unspecified atom stereocenters. The van der Waals surface area contributed by atoms with Crippen molar-refractivity contribution in [2.45, 2.75) is 23.5 Å². The van der Waals surface area contributed by atoms with Gasteiger partial charge in [0.05, 0.1) is 16.0 Å². The lowest BCUT2D eigenvalue weighted by atomic mass is 10.1. The van der Waals surface area contributed by atoms with Crippen LogP contribution in [0.25, 0.3) is 17.3 Å². The van der Waals surface area contributed by atoms with Gasteiger partial charge >= 0.3 is 0 Å². The third-order valence-electron chi connectivity index (χ3n) is 6.68. The van der Waals surface area contributed by atoms with E-state index in [2.05, 4.69) is 20.9 Å². The van der Waals surface area contributed by atoms with E-state index in [0.717, 1.165) is 4.90 Å². The molecule has 0 spiro atoms. The number of thiazole rings is 1. The number of benzene rings is 4. The number of hydrogen-bond acceptors (Lipinski definition) is 6. The third-order valence-corrected chi connectivity index (χ3v) is 9.35. The largest absolute Gasteiger partial charge is 0.321 e. The number of aromatic nitrogens is 1. The second-order valence-corrected chi connectivity index (χ2v) is 13.1. The van der Waals surface area contributed by atoms with Crippen LogP contribution in [0.4, 0.5) is 15.2 Å². The van der Waals surface area contributed by atoms with Crippen molar-refractivity contribution in [1.29, 1.82) is 0 Å². The molecule has 47 heavy (non-hydrogen) atoms. The van der Waals surface area contributed by atoms with Gasteiger partial charge in [-0.2, -0.15) is 0 Å². The van der Waals surface area contributed by atoms with Crippen LogP contribution < -0.4 is 16.0 Å². The number of nitrogens with one attached hydrogen (secondary N) is 3. The maximum Gasteiger partial charge on any atom is 0.272 e.